The summed E-state index contributed by atoms with van der Waals surface area (Å²) in [5, 5.41) is 0. The molecule has 0 saturated heterocycles. The molecule has 1 spiro atoms. The van der Waals surface area contributed by atoms with Gasteiger partial charge in [-0.25, -0.2) is 0 Å². The van der Waals surface area contributed by atoms with Crippen molar-refractivity contribution in [1.29, 1.82) is 0 Å². The van der Waals surface area contributed by atoms with E-state index in [1.807, 2.05) is 0 Å². The fourth-order valence-electron chi connectivity index (χ4n) is 10.2. The van der Waals surface area contributed by atoms with E-state index in [2.05, 4.69) is 240 Å². The van der Waals surface area contributed by atoms with E-state index in [0.717, 1.165) is 28.4 Å². The molecule has 0 N–H and O–H groups in total. The standard InChI is InChI=1S/C57H38N2/c1-3-19-41(20-4-1)58(43-34-36-56-50(37-43)46-24-10-9-23-45(46)49-26-12-16-30-55(49)59(56)42-21-5-2-6-22-42)44-33-35-48-47-25-11-15-29-53(47)57(54(48)38-44)51-27-13-7-17-39(51)31-32-40-18-8-14-28-52(40)57/h1-38H. The number of benzene rings is 9. The van der Waals surface area contributed by atoms with Crippen LogP contribution in [0.15, 0.2) is 218 Å². The van der Waals surface area contributed by atoms with Gasteiger partial charge in [0.15, 0.2) is 0 Å². The molecule has 3 aliphatic rings. The highest BCUT2D eigenvalue weighted by Gasteiger charge is 2.48. The van der Waals surface area contributed by atoms with Gasteiger partial charge in [-0.1, -0.05) is 170 Å². The van der Waals surface area contributed by atoms with Crippen LogP contribution >= 0.6 is 0 Å². The predicted molar refractivity (Wildman–Crippen MR) is 246 cm³/mol. The van der Waals surface area contributed by atoms with Crippen LogP contribution in [0.4, 0.5) is 34.1 Å². The maximum atomic E-state index is 2.48. The zero-order valence-corrected chi connectivity index (χ0v) is 32.3. The Hall–Kier alpha value is -7.68. The van der Waals surface area contributed by atoms with Crippen LogP contribution in [0.25, 0.3) is 45.5 Å². The van der Waals surface area contributed by atoms with Crippen molar-refractivity contribution in [3.8, 4) is 33.4 Å². The minimum atomic E-state index is -0.518. The molecule has 2 heteroatoms. The molecule has 9 aromatic rings. The van der Waals surface area contributed by atoms with E-state index in [1.54, 1.807) is 0 Å². The monoisotopic (exact) mass is 750 g/mol. The molecule has 0 bridgehead atoms. The quantitative estimate of drug-likeness (QED) is 0.177. The summed E-state index contributed by atoms with van der Waals surface area (Å²) in [5.41, 5.74) is 21.3. The minimum absolute atomic E-state index is 0.518. The molecule has 1 aliphatic heterocycles. The normalized spacial score (nSPS) is 13.5. The second kappa shape index (κ2) is 13.2. The molecule has 1 heterocycles. The topological polar surface area (TPSA) is 6.48 Å². The Labute approximate surface area is 345 Å². The van der Waals surface area contributed by atoms with Gasteiger partial charge >= 0.3 is 0 Å². The zero-order chi connectivity index (χ0) is 38.9. The van der Waals surface area contributed by atoms with Crippen LogP contribution in [-0.2, 0) is 5.41 Å². The van der Waals surface area contributed by atoms with E-state index in [-0.39, 0.29) is 0 Å². The van der Waals surface area contributed by atoms with Crippen LogP contribution < -0.4 is 9.80 Å². The van der Waals surface area contributed by atoms with E-state index < -0.39 is 5.41 Å². The molecule has 12 rings (SSSR count). The highest BCUT2D eigenvalue weighted by atomic mass is 15.2. The Morgan fingerprint density at radius 1 is 0.305 bits per heavy atom. The van der Waals surface area contributed by atoms with Crippen molar-refractivity contribution in [3.05, 3.63) is 252 Å². The van der Waals surface area contributed by atoms with E-state index in [0.29, 0.717) is 0 Å². The summed E-state index contributed by atoms with van der Waals surface area (Å²) in [5.74, 6) is 0. The molecule has 0 amide bonds. The number of rotatable bonds is 4. The molecule has 2 nitrogen and oxygen atoms in total. The maximum Gasteiger partial charge on any atom is 0.0725 e. The lowest BCUT2D eigenvalue weighted by molar-refractivity contribution is 0.766. The summed E-state index contributed by atoms with van der Waals surface area (Å²) < 4.78 is 0. The molecule has 0 atom stereocenters. The molecule has 0 aromatic heterocycles. The molecule has 0 fully saturated rings. The first-order valence-electron chi connectivity index (χ1n) is 20.4. The molecular formula is C57H38N2. The van der Waals surface area contributed by atoms with E-state index in [1.165, 1.54) is 72.4 Å². The number of nitrogens with zero attached hydrogens (tertiary/aromatic N) is 2. The number of para-hydroxylation sites is 3. The van der Waals surface area contributed by atoms with Gasteiger partial charge in [-0.05, 0) is 116 Å². The molecule has 0 saturated carbocycles. The third-order valence-corrected chi connectivity index (χ3v) is 12.6. The average Bonchev–Trinajstić information content (AvgIpc) is 3.41. The molecule has 276 valence electrons. The largest absolute Gasteiger partial charge is 0.310 e. The minimum Gasteiger partial charge on any atom is -0.310 e. The van der Waals surface area contributed by atoms with Crippen LogP contribution in [0.2, 0.25) is 0 Å². The van der Waals surface area contributed by atoms with Gasteiger partial charge in [0.2, 0.25) is 0 Å². The van der Waals surface area contributed by atoms with Gasteiger partial charge in [0.1, 0.15) is 0 Å². The summed E-state index contributed by atoms with van der Waals surface area (Å²) in [6.07, 6.45) is 4.60. The average molecular weight is 751 g/mol. The number of fused-ring (bicyclic) bond motifs is 14. The summed E-state index contributed by atoms with van der Waals surface area (Å²) in [6, 6.07) is 80.5. The van der Waals surface area contributed by atoms with Gasteiger partial charge in [-0.15, -0.1) is 0 Å². The predicted octanol–water partition coefficient (Wildman–Crippen LogP) is 15.1. The first-order valence-corrected chi connectivity index (χ1v) is 20.4. The SMILES string of the molecule is C1=Cc2ccccc2C2(c3ccccc31)c1ccccc1-c1ccc(N(c3ccccc3)c3ccc4c(c3)-c3ccccc3-c3ccccc3N4c3ccccc3)cc12. The molecular weight excluding hydrogens is 713 g/mol. The van der Waals surface area contributed by atoms with Crippen LogP contribution in [0.3, 0.4) is 0 Å². The molecule has 9 aromatic carbocycles. The first-order chi connectivity index (χ1) is 29.3. The first kappa shape index (κ1) is 33.5. The maximum absolute atomic E-state index is 2.48. The highest BCUT2D eigenvalue weighted by Crippen LogP contribution is 2.60. The van der Waals surface area contributed by atoms with Crippen LogP contribution in [-0.4, -0.2) is 0 Å². The van der Waals surface area contributed by atoms with Crippen molar-refractivity contribution < 1.29 is 0 Å². The van der Waals surface area contributed by atoms with E-state index >= 15 is 0 Å². The van der Waals surface area contributed by atoms with Crippen molar-refractivity contribution in [2.45, 2.75) is 5.41 Å². The second-order valence-electron chi connectivity index (χ2n) is 15.6. The van der Waals surface area contributed by atoms with E-state index in [9.17, 15) is 0 Å². The summed E-state index contributed by atoms with van der Waals surface area (Å²) in [4.78, 5) is 4.87. The molecule has 2 aliphatic carbocycles. The Balaban J connectivity index is 1.12. The van der Waals surface area contributed by atoms with E-state index in [4.69, 9.17) is 0 Å². The van der Waals surface area contributed by atoms with Crippen LogP contribution in [0.5, 0.6) is 0 Å². The lowest BCUT2D eigenvalue weighted by atomic mass is 9.66. The Morgan fingerprint density at radius 3 is 1.51 bits per heavy atom. The third kappa shape index (κ3) is 4.93. The Kier molecular flexibility index (Phi) is 7.48. The fourth-order valence-corrected chi connectivity index (χ4v) is 10.2. The van der Waals surface area contributed by atoms with Crippen LogP contribution in [0, 0.1) is 0 Å². The van der Waals surface area contributed by atoms with Gasteiger partial charge in [0.25, 0.3) is 0 Å². The number of anilines is 6. The van der Waals surface area contributed by atoms with Gasteiger partial charge < -0.3 is 9.80 Å². The summed E-state index contributed by atoms with van der Waals surface area (Å²) in [7, 11) is 0. The summed E-state index contributed by atoms with van der Waals surface area (Å²) in [6.45, 7) is 0. The Bertz CT molecular complexity index is 3070. The lowest BCUT2D eigenvalue weighted by Crippen LogP contribution is -2.30. The summed E-state index contributed by atoms with van der Waals surface area (Å²) >= 11 is 0. The second-order valence-corrected chi connectivity index (χ2v) is 15.6. The smallest absolute Gasteiger partial charge is 0.0725 e. The van der Waals surface area contributed by atoms with Crippen molar-refractivity contribution >= 4 is 46.3 Å². The lowest BCUT2D eigenvalue weighted by Gasteiger charge is -2.36. The van der Waals surface area contributed by atoms with Crippen molar-refractivity contribution in [2.75, 3.05) is 9.80 Å². The Morgan fingerprint density at radius 2 is 0.797 bits per heavy atom. The molecule has 59 heavy (non-hydrogen) atoms. The van der Waals surface area contributed by atoms with Gasteiger partial charge in [-0.3, -0.25) is 0 Å². The van der Waals surface area contributed by atoms with Crippen molar-refractivity contribution in [1.82, 2.24) is 0 Å². The molecule has 0 radical (unpaired) electrons. The van der Waals surface area contributed by atoms with Gasteiger partial charge in [0.05, 0.1) is 16.8 Å². The number of hydrogen-bond donors (Lipinski definition) is 0. The number of hydrogen-bond acceptors (Lipinski definition) is 2. The van der Waals surface area contributed by atoms with Gasteiger partial charge in [-0.2, -0.15) is 0 Å². The highest BCUT2D eigenvalue weighted by molar-refractivity contribution is 6.04. The van der Waals surface area contributed by atoms with Gasteiger partial charge in [0, 0.05) is 33.9 Å². The fraction of sp³-hybridized carbons (Fsp3) is 0.0175. The van der Waals surface area contributed by atoms with Crippen molar-refractivity contribution in [2.24, 2.45) is 0 Å². The van der Waals surface area contributed by atoms with Crippen molar-refractivity contribution in [3.63, 3.8) is 0 Å². The molecule has 0 unspecified atom stereocenters. The van der Waals surface area contributed by atoms with Crippen LogP contribution in [0.1, 0.15) is 33.4 Å². The third-order valence-electron chi connectivity index (χ3n) is 12.6. The zero-order valence-electron chi connectivity index (χ0n) is 32.3.